The first kappa shape index (κ1) is 14.1. The number of nitrogens with one attached hydrogen (secondary N) is 1. The number of H-pyrrole nitrogens is 1. The summed E-state index contributed by atoms with van der Waals surface area (Å²) in [6.45, 7) is 0.985. The third-order valence-electron chi connectivity index (χ3n) is 4.33. The number of nitrogens with zero attached hydrogens (tertiary/aromatic N) is 2. The number of carbonyl (C=O) groups excluding carboxylic acids is 1. The second-order valence-corrected chi connectivity index (χ2v) is 5.67. The molecular weight excluding hydrogens is 274 g/mol. The second-order valence-electron chi connectivity index (χ2n) is 5.67. The van der Waals surface area contributed by atoms with Gasteiger partial charge in [0.2, 0.25) is 0 Å². The zero-order chi connectivity index (χ0) is 15.0. The van der Waals surface area contributed by atoms with Gasteiger partial charge in [-0.15, -0.1) is 0 Å². The molecule has 1 aliphatic heterocycles. The molecular formula is C14H19N3O4. The summed E-state index contributed by atoms with van der Waals surface area (Å²) in [5, 5.41) is 0. The molecule has 114 valence electrons. The third kappa shape index (κ3) is 2.53. The van der Waals surface area contributed by atoms with E-state index in [2.05, 4.69) is 4.98 Å². The van der Waals surface area contributed by atoms with Gasteiger partial charge in [-0.3, -0.25) is 14.6 Å². The smallest absolute Gasteiger partial charge is 0.328 e. The van der Waals surface area contributed by atoms with Gasteiger partial charge in [0, 0.05) is 19.8 Å². The lowest BCUT2D eigenvalue weighted by molar-refractivity contribution is -0.0753. The molecule has 1 saturated heterocycles. The van der Waals surface area contributed by atoms with Crippen LogP contribution in [0, 0.1) is 0 Å². The molecule has 2 heterocycles. The number of morpholine rings is 1. The molecule has 2 atom stereocenters. The fraction of sp³-hybridized carbons (Fsp3) is 0.643. The number of carbonyl (C=O) groups is 1. The van der Waals surface area contributed by atoms with Crippen LogP contribution in [0.1, 0.15) is 36.0 Å². The minimum absolute atomic E-state index is 0.0170. The van der Waals surface area contributed by atoms with E-state index in [0.717, 1.165) is 25.7 Å². The molecule has 3 rings (SSSR count). The predicted molar refractivity (Wildman–Crippen MR) is 75.3 cm³/mol. The predicted octanol–water partition coefficient (Wildman–Crippen LogP) is -0.143. The molecule has 2 aliphatic rings. The quantitative estimate of drug-likeness (QED) is 0.781. The molecule has 0 aromatic carbocycles. The van der Waals surface area contributed by atoms with E-state index < -0.39 is 11.2 Å². The van der Waals surface area contributed by atoms with Crippen molar-refractivity contribution in [3.8, 4) is 0 Å². The maximum atomic E-state index is 12.7. The molecule has 0 spiro atoms. The van der Waals surface area contributed by atoms with Crippen molar-refractivity contribution >= 4 is 5.91 Å². The number of fused-ring (bicyclic) bond motifs is 1. The average Bonchev–Trinajstić information content (AvgIpc) is 2.49. The molecule has 1 aromatic heterocycles. The summed E-state index contributed by atoms with van der Waals surface area (Å²) in [5.74, 6) is -0.313. The summed E-state index contributed by atoms with van der Waals surface area (Å²) < 4.78 is 6.95. The van der Waals surface area contributed by atoms with E-state index in [4.69, 9.17) is 4.74 Å². The van der Waals surface area contributed by atoms with E-state index in [1.54, 1.807) is 4.90 Å². The van der Waals surface area contributed by atoms with Crippen molar-refractivity contribution in [2.24, 2.45) is 7.05 Å². The van der Waals surface area contributed by atoms with Gasteiger partial charge in [0.25, 0.3) is 11.5 Å². The first-order chi connectivity index (χ1) is 10.1. The molecule has 0 radical (unpaired) electrons. The number of amides is 1. The third-order valence-corrected chi connectivity index (χ3v) is 4.33. The second kappa shape index (κ2) is 5.48. The Kier molecular flexibility index (Phi) is 3.67. The van der Waals surface area contributed by atoms with Crippen LogP contribution < -0.4 is 11.2 Å². The van der Waals surface area contributed by atoms with Crippen molar-refractivity contribution in [3.63, 3.8) is 0 Å². The van der Waals surface area contributed by atoms with Crippen LogP contribution >= 0.6 is 0 Å². The zero-order valence-electron chi connectivity index (χ0n) is 12.0. The fourth-order valence-electron chi connectivity index (χ4n) is 3.22. The summed E-state index contributed by atoms with van der Waals surface area (Å²) in [4.78, 5) is 39.9. The highest BCUT2D eigenvalue weighted by atomic mass is 16.5. The molecule has 1 amide bonds. The molecule has 7 nitrogen and oxygen atoms in total. The van der Waals surface area contributed by atoms with Gasteiger partial charge < -0.3 is 14.2 Å². The van der Waals surface area contributed by atoms with Gasteiger partial charge in [0.15, 0.2) is 0 Å². The summed E-state index contributed by atoms with van der Waals surface area (Å²) >= 11 is 0. The van der Waals surface area contributed by atoms with E-state index in [0.29, 0.717) is 13.2 Å². The Labute approximate surface area is 121 Å². The summed E-state index contributed by atoms with van der Waals surface area (Å²) in [5.41, 5.74) is -1.13. The Bertz CT molecular complexity index is 661. The highest BCUT2D eigenvalue weighted by molar-refractivity contribution is 5.93. The van der Waals surface area contributed by atoms with Gasteiger partial charge in [-0.2, -0.15) is 0 Å². The van der Waals surface area contributed by atoms with Crippen LogP contribution in [0.3, 0.4) is 0 Å². The summed E-state index contributed by atoms with van der Waals surface area (Å²) in [7, 11) is 1.51. The molecule has 21 heavy (non-hydrogen) atoms. The number of hydrogen-bond acceptors (Lipinski definition) is 4. The van der Waals surface area contributed by atoms with Crippen molar-refractivity contribution in [1.82, 2.24) is 14.5 Å². The lowest BCUT2D eigenvalue weighted by Crippen LogP contribution is -2.55. The number of aryl methyl sites for hydroxylation is 1. The van der Waals surface area contributed by atoms with Gasteiger partial charge in [-0.1, -0.05) is 12.8 Å². The zero-order valence-corrected chi connectivity index (χ0v) is 12.0. The molecule has 0 unspecified atom stereocenters. The van der Waals surface area contributed by atoms with Crippen LogP contribution in [0.25, 0.3) is 0 Å². The van der Waals surface area contributed by atoms with Gasteiger partial charge in [0.1, 0.15) is 5.56 Å². The Balaban J connectivity index is 1.92. The highest BCUT2D eigenvalue weighted by Gasteiger charge is 2.37. The molecule has 1 aliphatic carbocycles. The summed E-state index contributed by atoms with van der Waals surface area (Å²) in [6, 6.07) is 0.0386. The highest BCUT2D eigenvalue weighted by Crippen LogP contribution is 2.29. The molecule has 1 N–H and O–H groups in total. The first-order valence-electron chi connectivity index (χ1n) is 7.30. The topological polar surface area (TPSA) is 84.4 Å². The van der Waals surface area contributed by atoms with Crippen molar-refractivity contribution in [2.75, 3.05) is 13.2 Å². The average molecular weight is 293 g/mol. The van der Waals surface area contributed by atoms with E-state index in [-0.39, 0.29) is 23.6 Å². The largest absolute Gasteiger partial charge is 0.374 e. The van der Waals surface area contributed by atoms with E-state index >= 15 is 0 Å². The SMILES string of the molecule is Cn1cc(C(=O)N2CCO[C@@H]3CCCC[C@H]32)c(=O)[nH]c1=O. The molecule has 1 saturated carbocycles. The van der Waals surface area contributed by atoms with Crippen LogP contribution in [-0.4, -0.2) is 45.7 Å². The van der Waals surface area contributed by atoms with Crippen molar-refractivity contribution in [2.45, 2.75) is 37.8 Å². The van der Waals surface area contributed by atoms with Crippen molar-refractivity contribution in [1.29, 1.82) is 0 Å². The maximum absolute atomic E-state index is 12.7. The Morgan fingerprint density at radius 1 is 1.33 bits per heavy atom. The Morgan fingerprint density at radius 2 is 2.10 bits per heavy atom. The van der Waals surface area contributed by atoms with Crippen molar-refractivity contribution in [3.05, 3.63) is 32.6 Å². The molecule has 1 aromatic rings. The molecule has 2 fully saturated rings. The molecule has 7 heteroatoms. The lowest BCUT2D eigenvalue weighted by atomic mass is 9.90. The fourth-order valence-corrected chi connectivity index (χ4v) is 3.22. The van der Waals surface area contributed by atoms with Crippen LogP contribution in [0.15, 0.2) is 15.8 Å². The van der Waals surface area contributed by atoms with Gasteiger partial charge >= 0.3 is 5.69 Å². The standard InChI is InChI=1S/C14H19N3O4/c1-16-8-9(12(18)15-14(16)20)13(19)17-6-7-21-11-5-3-2-4-10(11)17/h8,10-11H,2-7H2,1H3,(H,15,18,20)/t10-,11-/m1/s1. The van der Waals surface area contributed by atoms with Crippen LogP contribution in [0.4, 0.5) is 0 Å². The van der Waals surface area contributed by atoms with Crippen molar-refractivity contribution < 1.29 is 9.53 Å². The van der Waals surface area contributed by atoms with E-state index in [1.807, 2.05) is 0 Å². The van der Waals surface area contributed by atoms with Crippen LogP contribution in [-0.2, 0) is 11.8 Å². The maximum Gasteiger partial charge on any atom is 0.328 e. The van der Waals surface area contributed by atoms with Gasteiger partial charge in [-0.05, 0) is 12.8 Å². The minimum Gasteiger partial charge on any atom is -0.374 e. The van der Waals surface area contributed by atoms with E-state index in [9.17, 15) is 14.4 Å². The monoisotopic (exact) mass is 293 g/mol. The Hall–Kier alpha value is -1.89. The Morgan fingerprint density at radius 3 is 2.90 bits per heavy atom. The number of hydrogen-bond donors (Lipinski definition) is 1. The van der Waals surface area contributed by atoms with Gasteiger partial charge in [-0.25, -0.2) is 4.79 Å². The molecule has 0 bridgehead atoms. The number of rotatable bonds is 1. The van der Waals surface area contributed by atoms with Crippen LogP contribution in [0.5, 0.6) is 0 Å². The number of aromatic nitrogens is 2. The summed E-state index contributed by atoms with van der Waals surface area (Å²) in [6.07, 6.45) is 5.43. The number of ether oxygens (including phenoxy) is 1. The number of aromatic amines is 1. The van der Waals surface area contributed by atoms with Gasteiger partial charge in [0.05, 0.1) is 18.8 Å². The first-order valence-corrected chi connectivity index (χ1v) is 7.30. The minimum atomic E-state index is -0.623. The normalized spacial score (nSPS) is 25.5. The van der Waals surface area contributed by atoms with Crippen LogP contribution in [0.2, 0.25) is 0 Å². The van der Waals surface area contributed by atoms with E-state index in [1.165, 1.54) is 17.8 Å². The lowest BCUT2D eigenvalue weighted by Gasteiger charge is -2.43.